The molecule has 57 heavy (non-hydrogen) atoms. The van der Waals surface area contributed by atoms with Crippen LogP contribution in [0.4, 0.5) is 0 Å². The molecule has 0 bridgehead atoms. The fourth-order valence-corrected chi connectivity index (χ4v) is 20.7. The first-order chi connectivity index (χ1) is 28.3. The van der Waals surface area contributed by atoms with E-state index in [0.29, 0.717) is 0 Å². The van der Waals surface area contributed by atoms with Gasteiger partial charge in [-0.3, -0.25) is 4.98 Å². The molecule has 0 spiro atoms. The standard InChI is InChI=1S/C53H36N2Si2/c1-4-18-37(19-5-1)55-46-33-32-40(56(38-20-6-2-7-21-38)48-28-14-10-24-41(48)42-25-11-15-29-49(42)56)36-45(46)53-47(55)34-35-52(54-53)57(39-22-8-3-9-23-39)50-30-16-12-26-43(50)44-27-13-17-31-51(44)57/h1-36H. The van der Waals surface area contributed by atoms with E-state index in [1.54, 1.807) is 0 Å². The van der Waals surface area contributed by atoms with Crippen molar-refractivity contribution >= 4 is 79.7 Å². The Morgan fingerprint density at radius 3 is 1.28 bits per heavy atom. The van der Waals surface area contributed by atoms with Crippen LogP contribution in [-0.2, 0) is 0 Å². The molecule has 4 heteroatoms. The van der Waals surface area contributed by atoms with E-state index in [1.807, 2.05) is 0 Å². The molecule has 0 aliphatic carbocycles. The highest BCUT2D eigenvalue weighted by Crippen LogP contribution is 2.34. The lowest BCUT2D eigenvalue weighted by Gasteiger charge is -2.31. The predicted octanol–water partition coefficient (Wildman–Crippen LogP) is 6.89. The van der Waals surface area contributed by atoms with Gasteiger partial charge in [0.2, 0.25) is 8.07 Å². The number of hydrogen-bond donors (Lipinski definition) is 0. The van der Waals surface area contributed by atoms with Crippen LogP contribution < -0.4 is 41.6 Å². The zero-order valence-corrected chi connectivity index (χ0v) is 33.2. The number of aromatic nitrogens is 2. The van der Waals surface area contributed by atoms with Gasteiger partial charge >= 0.3 is 0 Å². The lowest BCUT2D eigenvalue weighted by Crippen LogP contribution is -2.73. The molecule has 8 aromatic carbocycles. The third kappa shape index (κ3) is 4.31. The van der Waals surface area contributed by atoms with Crippen molar-refractivity contribution in [2.24, 2.45) is 0 Å². The van der Waals surface area contributed by atoms with Crippen LogP contribution in [0.1, 0.15) is 0 Å². The second-order valence-corrected chi connectivity index (χ2v) is 22.8. The molecule has 2 nitrogen and oxygen atoms in total. The summed E-state index contributed by atoms with van der Waals surface area (Å²) in [6.07, 6.45) is 0. The summed E-state index contributed by atoms with van der Waals surface area (Å²) in [6.45, 7) is 0. The van der Waals surface area contributed by atoms with Crippen LogP contribution in [0.15, 0.2) is 218 Å². The van der Waals surface area contributed by atoms with E-state index in [4.69, 9.17) is 4.98 Å². The molecule has 0 atom stereocenters. The van der Waals surface area contributed by atoms with Gasteiger partial charge in [-0.25, -0.2) is 0 Å². The van der Waals surface area contributed by atoms with Crippen LogP contribution in [0.25, 0.3) is 49.9 Å². The SMILES string of the molecule is c1ccc(-n2c3ccc([Si]4(c5ccccc5)c5ccccc5-c5ccccc54)cc3c3nc([Si]4(c5ccccc5)c5ccccc5-c5ccccc54)ccc32)cc1. The van der Waals surface area contributed by atoms with E-state index in [2.05, 4.69) is 223 Å². The molecule has 0 saturated carbocycles. The van der Waals surface area contributed by atoms with Gasteiger partial charge in [-0.15, -0.1) is 0 Å². The van der Waals surface area contributed by atoms with Crippen molar-refractivity contribution in [2.45, 2.75) is 0 Å². The molecule has 4 heterocycles. The first kappa shape index (κ1) is 32.4. The van der Waals surface area contributed by atoms with Gasteiger partial charge in [0, 0.05) is 16.4 Å². The van der Waals surface area contributed by atoms with E-state index >= 15 is 0 Å². The van der Waals surface area contributed by atoms with Crippen molar-refractivity contribution < 1.29 is 0 Å². The molecular weight excluding hydrogens is 721 g/mol. The Kier molecular flexibility index (Phi) is 7.00. The van der Waals surface area contributed by atoms with Gasteiger partial charge in [0.05, 0.1) is 16.6 Å². The largest absolute Gasteiger partial charge is 0.308 e. The van der Waals surface area contributed by atoms with Crippen molar-refractivity contribution in [1.82, 2.24) is 9.55 Å². The van der Waals surface area contributed by atoms with Crippen LogP contribution >= 0.6 is 0 Å². The summed E-state index contributed by atoms with van der Waals surface area (Å²) < 4.78 is 2.42. The van der Waals surface area contributed by atoms with E-state index in [1.165, 1.54) is 74.8 Å². The van der Waals surface area contributed by atoms with Gasteiger partial charge in [0.15, 0.2) is 8.07 Å². The molecule has 0 amide bonds. The molecule has 0 fully saturated rings. The van der Waals surface area contributed by atoms with Crippen LogP contribution in [0, 0.1) is 0 Å². The quantitative estimate of drug-likeness (QED) is 0.175. The van der Waals surface area contributed by atoms with Crippen molar-refractivity contribution in [3.63, 3.8) is 0 Å². The zero-order valence-electron chi connectivity index (χ0n) is 31.2. The van der Waals surface area contributed by atoms with Gasteiger partial charge in [-0.05, 0) is 88.9 Å². The number of fused-ring (bicyclic) bond motifs is 9. The molecular formula is C53H36N2Si2. The maximum atomic E-state index is 5.99. The topological polar surface area (TPSA) is 17.8 Å². The number of rotatable bonds is 5. The molecule has 2 aliphatic heterocycles. The number of benzene rings is 8. The average Bonchev–Trinajstić information content (AvgIpc) is 3.90. The molecule has 2 aliphatic rings. The highest BCUT2D eigenvalue weighted by molar-refractivity contribution is 7.22. The monoisotopic (exact) mass is 756 g/mol. The summed E-state index contributed by atoms with van der Waals surface area (Å²) >= 11 is 0. The lowest BCUT2D eigenvalue weighted by atomic mass is 10.1. The summed E-state index contributed by atoms with van der Waals surface area (Å²) in [6, 6.07) is 81.8. The minimum atomic E-state index is -2.81. The smallest absolute Gasteiger partial charge is 0.203 e. The third-order valence-corrected chi connectivity index (χ3v) is 22.4. The van der Waals surface area contributed by atoms with Crippen LogP contribution in [0.3, 0.4) is 0 Å². The number of nitrogens with zero attached hydrogens (tertiary/aromatic N) is 2. The fraction of sp³-hybridized carbons (Fsp3) is 0. The molecule has 10 aromatic rings. The van der Waals surface area contributed by atoms with Crippen LogP contribution in [0.2, 0.25) is 0 Å². The van der Waals surface area contributed by atoms with Gasteiger partial charge in [-0.2, -0.15) is 0 Å². The van der Waals surface area contributed by atoms with Crippen LogP contribution in [0.5, 0.6) is 0 Å². The Bertz CT molecular complexity index is 2900. The van der Waals surface area contributed by atoms with Crippen molar-refractivity contribution in [3.8, 4) is 27.9 Å². The average molecular weight is 757 g/mol. The highest BCUT2D eigenvalue weighted by atomic mass is 28.3. The molecule has 0 unspecified atom stereocenters. The predicted molar refractivity (Wildman–Crippen MR) is 244 cm³/mol. The van der Waals surface area contributed by atoms with Gasteiger partial charge in [0.1, 0.15) is 0 Å². The summed E-state index contributed by atoms with van der Waals surface area (Å²) in [4.78, 5) is 5.99. The highest BCUT2D eigenvalue weighted by Gasteiger charge is 2.51. The summed E-state index contributed by atoms with van der Waals surface area (Å²) in [7, 11) is -5.54. The Labute approximate surface area is 334 Å². The van der Waals surface area contributed by atoms with Gasteiger partial charge in [-0.1, -0.05) is 188 Å². The van der Waals surface area contributed by atoms with E-state index in [9.17, 15) is 0 Å². The maximum Gasteiger partial charge on any atom is 0.203 e. The normalized spacial score (nSPS) is 14.2. The Balaban J connectivity index is 1.21. The molecule has 0 saturated heterocycles. The molecule has 0 radical (unpaired) electrons. The second-order valence-electron chi connectivity index (χ2n) is 15.4. The van der Waals surface area contributed by atoms with Crippen LogP contribution in [-0.4, -0.2) is 25.7 Å². The van der Waals surface area contributed by atoms with E-state index in [-0.39, 0.29) is 0 Å². The zero-order chi connectivity index (χ0) is 37.6. The lowest BCUT2D eigenvalue weighted by molar-refractivity contribution is 1.18. The van der Waals surface area contributed by atoms with Crippen molar-refractivity contribution in [2.75, 3.05) is 0 Å². The Hall–Kier alpha value is -6.86. The maximum absolute atomic E-state index is 5.99. The van der Waals surface area contributed by atoms with Crippen molar-refractivity contribution in [1.29, 1.82) is 0 Å². The van der Waals surface area contributed by atoms with Gasteiger partial charge in [0.25, 0.3) is 0 Å². The number of pyridine rings is 1. The first-order valence-electron chi connectivity index (χ1n) is 19.8. The third-order valence-electron chi connectivity index (χ3n) is 12.8. The van der Waals surface area contributed by atoms with E-state index in [0.717, 1.165) is 16.7 Å². The molecule has 2 aromatic heterocycles. The molecule has 12 rings (SSSR count). The molecule has 266 valence electrons. The Morgan fingerprint density at radius 1 is 0.333 bits per heavy atom. The summed E-state index contributed by atoms with van der Waals surface area (Å²) in [5.74, 6) is 0. The summed E-state index contributed by atoms with van der Waals surface area (Å²) in [5, 5.41) is 12.2. The second kappa shape index (κ2) is 12.3. The van der Waals surface area contributed by atoms with E-state index < -0.39 is 16.1 Å². The van der Waals surface area contributed by atoms with Gasteiger partial charge < -0.3 is 4.57 Å². The first-order valence-corrected chi connectivity index (χ1v) is 23.8. The van der Waals surface area contributed by atoms with Crippen molar-refractivity contribution in [3.05, 3.63) is 218 Å². The molecule has 0 N–H and O–H groups in total. The fourth-order valence-electron chi connectivity index (χ4n) is 10.5. The number of para-hydroxylation sites is 1. The summed E-state index contributed by atoms with van der Waals surface area (Å²) in [5.41, 5.74) is 9.84. The minimum Gasteiger partial charge on any atom is -0.308 e. The minimum absolute atomic E-state index is 1.05. The Morgan fingerprint density at radius 2 is 0.754 bits per heavy atom. The number of hydrogen-bond acceptors (Lipinski definition) is 1.